The molecule has 1 atom stereocenters. The molecule has 7 heteroatoms. The van der Waals surface area contributed by atoms with Crippen molar-refractivity contribution in [2.75, 3.05) is 6.54 Å². The van der Waals surface area contributed by atoms with E-state index in [1.54, 1.807) is 23.1 Å². The quantitative estimate of drug-likeness (QED) is 0.428. The first-order valence-corrected chi connectivity index (χ1v) is 10.2. The lowest BCUT2D eigenvalue weighted by Gasteiger charge is -2.21. The second kappa shape index (κ2) is 7.08. The zero-order chi connectivity index (χ0) is 20.0. The van der Waals surface area contributed by atoms with Gasteiger partial charge < -0.3 is 9.32 Å². The normalized spacial score (nSPS) is 16.6. The number of carbonyl (C=O) groups excluding carboxylic acids is 1. The number of benzene rings is 2. The van der Waals surface area contributed by atoms with Crippen LogP contribution >= 0.6 is 11.3 Å². The lowest BCUT2D eigenvalue weighted by Crippen LogP contribution is -2.30. The van der Waals surface area contributed by atoms with Crippen LogP contribution in [0.5, 0.6) is 0 Å². The van der Waals surface area contributed by atoms with Crippen molar-refractivity contribution in [3.63, 3.8) is 0 Å². The van der Waals surface area contributed by atoms with Crippen molar-refractivity contribution in [3.8, 4) is 11.1 Å². The average Bonchev–Trinajstić information content (AvgIpc) is 3.46. The summed E-state index contributed by atoms with van der Waals surface area (Å²) in [5, 5.41) is 1.88. The number of fused-ring (bicyclic) bond motifs is 1. The smallest absolute Gasteiger partial charge is 0.264 e. The summed E-state index contributed by atoms with van der Waals surface area (Å²) in [5.74, 6) is -0.776. The first-order chi connectivity index (χ1) is 14.1. The number of halogens is 2. The Morgan fingerprint density at radius 3 is 2.86 bits per heavy atom. The first kappa shape index (κ1) is 18.0. The highest BCUT2D eigenvalue weighted by Gasteiger charge is 2.34. The van der Waals surface area contributed by atoms with Gasteiger partial charge in [-0.3, -0.25) is 4.79 Å². The predicted molar refractivity (Wildman–Crippen MR) is 107 cm³/mol. The van der Waals surface area contributed by atoms with Gasteiger partial charge in [-0.15, -0.1) is 11.3 Å². The van der Waals surface area contributed by atoms with Gasteiger partial charge in [0.1, 0.15) is 23.2 Å². The molecule has 0 bridgehead atoms. The van der Waals surface area contributed by atoms with E-state index in [0.717, 1.165) is 18.9 Å². The molecule has 0 unspecified atom stereocenters. The number of hydrogen-bond acceptors (Lipinski definition) is 4. The molecule has 5 rings (SSSR count). The van der Waals surface area contributed by atoms with Crippen LogP contribution in [0, 0.1) is 11.6 Å². The summed E-state index contributed by atoms with van der Waals surface area (Å²) in [6.07, 6.45) is 1.66. The van der Waals surface area contributed by atoms with Crippen LogP contribution in [-0.4, -0.2) is 22.3 Å². The Bertz CT molecular complexity index is 1200. The van der Waals surface area contributed by atoms with Crippen molar-refractivity contribution in [2.45, 2.75) is 18.9 Å². The molecular formula is C22H16F2N2O2S. The summed E-state index contributed by atoms with van der Waals surface area (Å²) in [5.41, 5.74) is 2.04. The maximum Gasteiger partial charge on any atom is 0.264 e. The Morgan fingerprint density at radius 2 is 2.07 bits per heavy atom. The fourth-order valence-corrected chi connectivity index (χ4v) is 4.47. The molecule has 3 heterocycles. The third kappa shape index (κ3) is 3.21. The molecule has 1 amide bonds. The lowest BCUT2D eigenvalue weighted by atomic mass is 10.0. The predicted octanol–water partition coefficient (Wildman–Crippen LogP) is 5.81. The van der Waals surface area contributed by atoms with Crippen LogP contribution < -0.4 is 0 Å². The maximum atomic E-state index is 14.1. The number of amides is 1. The second-order valence-corrected chi connectivity index (χ2v) is 7.94. The van der Waals surface area contributed by atoms with Gasteiger partial charge in [-0.05, 0) is 54.1 Å². The van der Waals surface area contributed by atoms with Gasteiger partial charge in [-0.1, -0.05) is 12.1 Å². The molecule has 4 nitrogen and oxygen atoms in total. The van der Waals surface area contributed by atoms with Crippen molar-refractivity contribution in [1.82, 2.24) is 9.88 Å². The van der Waals surface area contributed by atoms with Crippen molar-refractivity contribution >= 4 is 28.3 Å². The highest BCUT2D eigenvalue weighted by molar-refractivity contribution is 7.12. The Kier molecular flexibility index (Phi) is 4.39. The minimum atomic E-state index is -0.628. The number of carbonyl (C=O) groups is 1. The zero-order valence-electron chi connectivity index (χ0n) is 15.3. The molecule has 0 saturated carbocycles. The number of nitrogens with zero attached hydrogens (tertiary/aromatic N) is 2. The molecule has 4 aromatic rings. The number of rotatable bonds is 3. The van der Waals surface area contributed by atoms with E-state index >= 15 is 0 Å². The highest BCUT2D eigenvalue weighted by atomic mass is 32.1. The van der Waals surface area contributed by atoms with E-state index in [0.29, 0.717) is 39.5 Å². The molecule has 0 spiro atoms. The molecule has 2 aromatic heterocycles. The van der Waals surface area contributed by atoms with Crippen LogP contribution in [0.1, 0.15) is 34.4 Å². The Balaban J connectivity index is 1.49. The van der Waals surface area contributed by atoms with Gasteiger partial charge in [0.15, 0.2) is 5.58 Å². The molecule has 1 aliphatic heterocycles. The Labute approximate surface area is 169 Å². The van der Waals surface area contributed by atoms with Crippen LogP contribution in [-0.2, 0) is 0 Å². The highest BCUT2D eigenvalue weighted by Crippen LogP contribution is 2.36. The van der Waals surface area contributed by atoms with Crippen LogP contribution in [0.2, 0.25) is 0 Å². The van der Waals surface area contributed by atoms with Crippen molar-refractivity contribution in [1.29, 1.82) is 0 Å². The molecule has 0 N–H and O–H groups in total. The zero-order valence-corrected chi connectivity index (χ0v) is 16.1. The summed E-state index contributed by atoms with van der Waals surface area (Å²) in [6, 6.07) is 12.1. The van der Waals surface area contributed by atoms with E-state index < -0.39 is 11.6 Å². The summed E-state index contributed by atoms with van der Waals surface area (Å²) >= 11 is 1.42. The summed E-state index contributed by atoms with van der Waals surface area (Å²) in [4.78, 5) is 19.9. The van der Waals surface area contributed by atoms with Crippen LogP contribution in [0.3, 0.4) is 0 Å². The van der Waals surface area contributed by atoms with E-state index in [1.165, 1.54) is 23.5 Å². The molecular weight excluding hydrogens is 394 g/mol. The van der Waals surface area contributed by atoms with Crippen LogP contribution in [0.4, 0.5) is 8.78 Å². The van der Waals surface area contributed by atoms with E-state index in [4.69, 9.17) is 4.42 Å². The maximum absolute atomic E-state index is 14.1. The van der Waals surface area contributed by atoms with E-state index in [1.807, 2.05) is 17.5 Å². The Hall–Kier alpha value is -3.06. The van der Waals surface area contributed by atoms with E-state index in [-0.39, 0.29) is 11.9 Å². The number of hydrogen-bond donors (Lipinski definition) is 0. The summed E-state index contributed by atoms with van der Waals surface area (Å²) in [6.45, 7) is 0.659. The molecule has 0 aliphatic carbocycles. The standard InChI is InChI=1S/C22H16F2N2O2S/c23-14-6-7-15(16(24)12-14)13-5-8-19-17(11-13)25-21(28-19)18-3-1-9-26(18)22(27)20-4-2-10-29-20/h2,4-8,10-12,18H,1,3,9H2/t18-/m1/s1. The molecule has 1 saturated heterocycles. The third-order valence-electron chi connectivity index (χ3n) is 5.18. The van der Waals surface area contributed by atoms with Gasteiger partial charge in [-0.25, -0.2) is 13.8 Å². The van der Waals surface area contributed by atoms with Crippen molar-refractivity contribution < 1.29 is 18.0 Å². The lowest BCUT2D eigenvalue weighted by molar-refractivity contribution is 0.0722. The number of oxazole rings is 1. The van der Waals surface area contributed by atoms with Crippen LogP contribution in [0.15, 0.2) is 58.3 Å². The minimum absolute atomic E-state index is 0.0150. The summed E-state index contributed by atoms with van der Waals surface area (Å²) < 4.78 is 33.3. The first-order valence-electron chi connectivity index (χ1n) is 9.30. The van der Waals surface area contributed by atoms with Gasteiger partial charge in [0.25, 0.3) is 5.91 Å². The minimum Gasteiger partial charge on any atom is -0.438 e. The fourth-order valence-electron chi connectivity index (χ4n) is 3.79. The molecule has 146 valence electrons. The van der Waals surface area contributed by atoms with Gasteiger partial charge in [0.05, 0.1) is 4.88 Å². The fraction of sp³-hybridized carbons (Fsp3) is 0.182. The number of likely N-dealkylation sites (tertiary alicyclic amines) is 1. The average molecular weight is 410 g/mol. The number of aromatic nitrogens is 1. The molecule has 1 fully saturated rings. The van der Waals surface area contributed by atoms with E-state index in [2.05, 4.69) is 4.98 Å². The van der Waals surface area contributed by atoms with Gasteiger partial charge in [-0.2, -0.15) is 0 Å². The number of thiophene rings is 1. The molecule has 0 radical (unpaired) electrons. The SMILES string of the molecule is O=C(c1cccs1)N1CCC[C@@H]1c1nc2cc(-c3ccc(F)cc3F)ccc2o1. The van der Waals surface area contributed by atoms with Gasteiger partial charge in [0, 0.05) is 18.2 Å². The van der Waals surface area contributed by atoms with Crippen molar-refractivity contribution in [2.24, 2.45) is 0 Å². The molecule has 2 aromatic carbocycles. The monoisotopic (exact) mass is 410 g/mol. The largest absolute Gasteiger partial charge is 0.438 e. The molecule has 29 heavy (non-hydrogen) atoms. The third-order valence-corrected chi connectivity index (χ3v) is 6.03. The van der Waals surface area contributed by atoms with E-state index in [9.17, 15) is 13.6 Å². The van der Waals surface area contributed by atoms with Gasteiger partial charge in [0.2, 0.25) is 5.89 Å². The Morgan fingerprint density at radius 1 is 1.17 bits per heavy atom. The van der Waals surface area contributed by atoms with Crippen LogP contribution in [0.25, 0.3) is 22.2 Å². The van der Waals surface area contributed by atoms with Crippen molar-refractivity contribution in [3.05, 3.63) is 76.3 Å². The second-order valence-electron chi connectivity index (χ2n) is 6.99. The summed E-state index contributed by atoms with van der Waals surface area (Å²) in [7, 11) is 0. The molecule has 1 aliphatic rings. The van der Waals surface area contributed by atoms with Gasteiger partial charge >= 0.3 is 0 Å². The topological polar surface area (TPSA) is 46.3 Å².